The maximum absolute atomic E-state index is 12.2. The first-order valence-corrected chi connectivity index (χ1v) is 7.64. The molecule has 0 saturated heterocycles. The highest BCUT2D eigenvalue weighted by molar-refractivity contribution is 6.29. The number of aromatic nitrogens is 1. The van der Waals surface area contributed by atoms with E-state index in [9.17, 15) is 9.59 Å². The zero-order valence-corrected chi connectivity index (χ0v) is 14.1. The van der Waals surface area contributed by atoms with Gasteiger partial charge in [0, 0.05) is 31.7 Å². The number of rotatable bonds is 7. The Balaban J connectivity index is 2.63. The van der Waals surface area contributed by atoms with E-state index in [0.717, 1.165) is 0 Å². The highest BCUT2D eigenvalue weighted by atomic mass is 35.5. The Morgan fingerprint density at radius 2 is 2.00 bits per heavy atom. The number of carbonyl (C=O) groups is 2. The second-order valence-electron chi connectivity index (χ2n) is 5.50. The first kappa shape index (κ1) is 18.2. The summed E-state index contributed by atoms with van der Waals surface area (Å²) < 4.78 is 0. The summed E-state index contributed by atoms with van der Waals surface area (Å²) in [5.41, 5.74) is 1.10. The van der Waals surface area contributed by atoms with Crippen molar-refractivity contribution >= 4 is 29.1 Å². The van der Waals surface area contributed by atoms with Crippen LogP contribution in [0.25, 0.3) is 0 Å². The van der Waals surface area contributed by atoms with Crippen LogP contribution in [-0.2, 0) is 4.79 Å². The van der Waals surface area contributed by atoms with Gasteiger partial charge >= 0.3 is 0 Å². The summed E-state index contributed by atoms with van der Waals surface area (Å²) in [5, 5.41) is 9.10. The Morgan fingerprint density at radius 1 is 1.32 bits per heavy atom. The number of amides is 2. The summed E-state index contributed by atoms with van der Waals surface area (Å²) in [6.45, 7) is 7.78. The molecule has 0 aromatic carbocycles. The van der Waals surface area contributed by atoms with Crippen molar-refractivity contribution in [3.8, 4) is 0 Å². The van der Waals surface area contributed by atoms with Crippen molar-refractivity contribution in [3.63, 3.8) is 0 Å². The third-order valence-corrected chi connectivity index (χ3v) is 3.08. The Labute approximate surface area is 136 Å². The molecule has 1 unspecified atom stereocenters. The smallest absolute Gasteiger partial charge is 0.254 e. The molecule has 6 nitrogen and oxygen atoms in total. The lowest BCUT2D eigenvalue weighted by molar-refractivity contribution is -0.119. The largest absolute Gasteiger partial charge is 0.382 e. The summed E-state index contributed by atoms with van der Waals surface area (Å²) in [4.78, 5) is 27.1. The van der Waals surface area contributed by atoms with E-state index in [-0.39, 0.29) is 23.9 Å². The van der Waals surface area contributed by atoms with Crippen molar-refractivity contribution in [3.05, 3.63) is 23.0 Å². The van der Waals surface area contributed by atoms with E-state index in [2.05, 4.69) is 20.9 Å². The predicted molar refractivity (Wildman–Crippen MR) is 88.2 cm³/mol. The van der Waals surface area contributed by atoms with E-state index in [1.807, 2.05) is 20.8 Å². The number of nitrogens with one attached hydrogen (secondary N) is 3. The van der Waals surface area contributed by atoms with Gasteiger partial charge in [0.25, 0.3) is 5.91 Å². The van der Waals surface area contributed by atoms with Gasteiger partial charge in [0.1, 0.15) is 5.15 Å². The average Bonchev–Trinajstić information content (AvgIpc) is 2.36. The standard InChI is InChI=1S/C15H23ClN4O2/c1-9(2)19-13-7-14(16)18-8-12(13)15(22)17-6-5-10(3)20-11(4)21/h7-10H,5-6H2,1-4H3,(H,17,22)(H,18,19)(H,20,21). The summed E-state index contributed by atoms with van der Waals surface area (Å²) in [7, 11) is 0. The Morgan fingerprint density at radius 3 is 2.59 bits per heavy atom. The van der Waals surface area contributed by atoms with Gasteiger partial charge in [-0.05, 0) is 33.3 Å². The van der Waals surface area contributed by atoms with Crippen LogP contribution in [0.15, 0.2) is 12.3 Å². The van der Waals surface area contributed by atoms with Crippen molar-refractivity contribution in [2.75, 3.05) is 11.9 Å². The lowest BCUT2D eigenvalue weighted by Crippen LogP contribution is -2.35. The molecular weight excluding hydrogens is 304 g/mol. The number of pyridine rings is 1. The molecule has 0 saturated carbocycles. The number of halogens is 1. The monoisotopic (exact) mass is 326 g/mol. The lowest BCUT2D eigenvalue weighted by Gasteiger charge is -2.16. The van der Waals surface area contributed by atoms with Gasteiger partial charge in [0.05, 0.1) is 11.3 Å². The minimum absolute atomic E-state index is 0.00871. The highest BCUT2D eigenvalue weighted by Gasteiger charge is 2.14. The highest BCUT2D eigenvalue weighted by Crippen LogP contribution is 2.19. The molecule has 0 fully saturated rings. The topological polar surface area (TPSA) is 83.1 Å². The van der Waals surface area contributed by atoms with Crippen LogP contribution in [0.4, 0.5) is 5.69 Å². The van der Waals surface area contributed by atoms with Gasteiger partial charge in [-0.15, -0.1) is 0 Å². The Kier molecular flexibility index (Phi) is 7.11. The van der Waals surface area contributed by atoms with Crippen molar-refractivity contribution in [1.29, 1.82) is 0 Å². The fourth-order valence-electron chi connectivity index (χ4n) is 1.96. The van der Waals surface area contributed by atoms with Crippen LogP contribution in [-0.4, -0.2) is 35.4 Å². The first-order valence-electron chi connectivity index (χ1n) is 7.27. The lowest BCUT2D eigenvalue weighted by atomic mass is 10.2. The molecule has 2 amide bonds. The van der Waals surface area contributed by atoms with Crippen molar-refractivity contribution in [1.82, 2.24) is 15.6 Å². The van der Waals surface area contributed by atoms with Gasteiger partial charge in [0.15, 0.2) is 0 Å². The van der Waals surface area contributed by atoms with Crippen molar-refractivity contribution < 1.29 is 9.59 Å². The third kappa shape index (κ3) is 6.30. The minimum atomic E-state index is -0.220. The molecule has 0 aliphatic carbocycles. The van der Waals surface area contributed by atoms with Crippen LogP contribution in [0.2, 0.25) is 5.15 Å². The molecule has 0 aliphatic heterocycles. The van der Waals surface area contributed by atoms with E-state index in [4.69, 9.17) is 11.6 Å². The molecule has 0 spiro atoms. The number of carbonyl (C=O) groups excluding carboxylic acids is 2. The zero-order valence-electron chi connectivity index (χ0n) is 13.4. The SMILES string of the molecule is CC(=O)NC(C)CCNC(=O)c1cnc(Cl)cc1NC(C)C. The van der Waals surface area contributed by atoms with Crippen LogP contribution in [0.1, 0.15) is 44.5 Å². The van der Waals surface area contributed by atoms with Crippen molar-refractivity contribution in [2.24, 2.45) is 0 Å². The van der Waals surface area contributed by atoms with Gasteiger partial charge in [0.2, 0.25) is 5.91 Å². The molecule has 1 heterocycles. The van der Waals surface area contributed by atoms with E-state index in [1.54, 1.807) is 6.07 Å². The third-order valence-electron chi connectivity index (χ3n) is 2.87. The molecule has 1 rings (SSSR count). The maximum Gasteiger partial charge on any atom is 0.254 e. The molecule has 3 N–H and O–H groups in total. The summed E-state index contributed by atoms with van der Waals surface area (Å²) in [6, 6.07) is 1.82. The molecule has 7 heteroatoms. The van der Waals surface area contributed by atoms with E-state index < -0.39 is 0 Å². The second-order valence-corrected chi connectivity index (χ2v) is 5.89. The zero-order chi connectivity index (χ0) is 16.7. The van der Waals surface area contributed by atoms with E-state index in [1.165, 1.54) is 13.1 Å². The molecule has 122 valence electrons. The van der Waals surface area contributed by atoms with Gasteiger partial charge < -0.3 is 16.0 Å². The van der Waals surface area contributed by atoms with Gasteiger partial charge in [-0.1, -0.05) is 11.6 Å². The van der Waals surface area contributed by atoms with Gasteiger partial charge in [-0.2, -0.15) is 0 Å². The number of hydrogen-bond acceptors (Lipinski definition) is 4. The number of anilines is 1. The van der Waals surface area contributed by atoms with Crippen LogP contribution in [0, 0.1) is 0 Å². The normalized spacial score (nSPS) is 11.9. The predicted octanol–water partition coefficient (Wildman–Crippen LogP) is 2.20. The molecule has 0 radical (unpaired) electrons. The second kappa shape index (κ2) is 8.58. The fraction of sp³-hybridized carbons (Fsp3) is 0.533. The van der Waals surface area contributed by atoms with Gasteiger partial charge in [-0.3, -0.25) is 9.59 Å². The van der Waals surface area contributed by atoms with Gasteiger partial charge in [-0.25, -0.2) is 4.98 Å². The Bertz CT molecular complexity index is 534. The maximum atomic E-state index is 12.2. The van der Waals surface area contributed by atoms with Crippen LogP contribution < -0.4 is 16.0 Å². The molecule has 1 atom stereocenters. The minimum Gasteiger partial charge on any atom is -0.382 e. The number of nitrogens with zero attached hydrogens (tertiary/aromatic N) is 1. The van der Waals surface area contributed by atoms with E-state index >= 15 is 0 Å². The van der Waals surface area contributed by atoms with E-state index in [0.29, 0.717) is 29.4 Å². The molecule has 0 bridgehead atoms. The van der Waals surface area contributed by atoms with Crippen LogP contribution in [0.5, 0.6) is 0 Å². The number of hydrogen-bond donors (Lipinski definition) is 3. The van der Waals surface area contributed by atoms with Crippen LogP contribution >= 0.6 is 11.6 Å². The Hall–Kier alpha value is -1.82. The molecule has 22 heavy (non-hydrogen) atoms. The molecule has 0 aliphatic rings. The van der Waals surface area contributed by atoms with Crippen LogP contribution in [0.3, 0.4) is 0 Å². The quantitative estimate of drug-likeness (QED) is 0.671. The average molecular weight is 327 g/mol. The summed E-state index contributed by atoms with van der Waals surface area (Å²) in [5.74, 6) is -0.300. The molecular formula is C15H23ClN4O2. The summed E-state index contributed by atoms with van der Waals surface area (Å²) in [6.07, 6.45) is 2.11. The summed E-state index contributed by atoms with van der Waals surface area (Å²) >= 11 is 5.88. The molecule has 1 aromatic rings. The van der Waals surface area contributed by atoms with Crippen molar-refractivity contribution in [2.45, 2.75) is 46.2 Å². The fourth-order valence-corrected chi connectivity index (χ4v) is 2.12. The molecule has 1 aromatic heterocycles. The first-order chi connectivity index (χ1) is 10.3.